The van der Waals surface area contributed by atoms with Gasteiger partial charge in [0.25, 0.3) is 5.91 Å². The summed E-state index contributed by atoms with van der Waals surface area (Å²) in [7, 11) is 1.84. The standard InChI is InChI=1S/C19H18Cl2N6O/c1-11(22)16-17(21)15(19(28)26-13-5-3-12(20)4-6-13)10-24-18(16)23-9-14-7-8-25-27(14)2/h3-8,10,22H,9H2,1-2H3,(H,23,24)(H,26,28). The van der Waals surface area contributed by atoms with Crippen LogP contribution in [-0.4, -0.2) is 26.4 Å². The molecule has 0 atom stereocenters. The molecule has 7 nitrogen and oxygen atoms in total. The van der Waals surface area contributed by atoms with Crippen molar-refractivity contribution in [3.05, 3.63) is 69.6 Å². The molecule has 2 heterocycles. The summed E-state index contributed by atoms with van der Waals surface area (Å²) in [5, 5.41) is 18.8. The number of anilines is 2. The summed E-state index contributed by atoms with van der Waals surface area (Å²) in [4.78, 5) is 16.9. The number of nitrogens with zero attached hydrogens (tertiary/aromatic N) is 3. The average molecular weight is 417 g/mol. The summed E-state index contributed by atoms with van der Waals surface area (Å²) < 4.78 is 1.74. The molecule has 3 N–H and O–H groups in total. The van der Waals surface area contributed by atoms with Gasteiger partial charge in [-0.3, -0.25) is 9.48 Å². The Hall–Kier alpha value is -2.90. The molecule has 0 saturated carbocycles. The minimum atomic E-state index is -0.416. The van der Waals surface area contributed by atoms with Gasteiger partial charge in [0.15, 0.2) is 0 Å². The molecule has 3 aromatic rings. The molecule has 0 spiro atoms. The highest BCUT2D eigenvalue weighted by Crippen LogP contribution is 2.28. The molecular formula is C19H18Cl2N6O. The van der Waals surface area contributed by atoms with Crippen LogP contribution >= 0.6 is 23.2 Å². The van der Waals surface area contributed by atoms with Crippen molar-refractivity contribution in [1.29, 1.82) is 5.41 Å². The number of halogens is 2. The molecule has 0 unspecified atom stereocenters. The lowest BCUT2D eigenvalue weighted by atomic mass is 10.1. The third kappa shape index (κ3) is 4.32. The predicted molar refractivity (Wildman–Crippen MR) is 112 cm³/mol. The first-order valence-corrected chi connectivity index (χ1v) is 9.14. The Morgan fingerprint density at radius 3 is 2.54 bits per heavy atom. The van der Waals surface area contributed by atoms with E-state index in [0.29, 0.717) is 28.6 Å². The molecule has 2 aromatic heterocycles. The van der Waals surface area contributed by atoms with Crippen molar-refractivity contribution in [2.24, 2.45) is 7.05 Å². The second-order valence-electron chi connectivity index (χ2n) is 6.10. The predicted octanol–water partition coefficient (Wildman–Crippen LogP) is 4.37. The highest BCUT2D eigenvalue weighted by atomic mass is 35.5. The monoisotopic (exact) mass is 416 g/mol. The van der Waals surface area contributed by atoms with Gasteiger partial charge in [0.05, 0.1) is 28.4 Å². The highest BCUT2D eigenvalue weighted by molar-refractivity contribution is 6.38. The molecule has 28 heavy (non-hydrogen) atoms. The van der Waals surface area contributed by atoms with Gasteiger partial charge in [-0.15, -0.1) is 0 Å². The van der Waals surface area contributed by atoms with Gasteiger partial charge in [0.1, 0.15) is 5.82 Å². The van der Waals surface area contributed by atoms with Gasteiger partial charge in [-0.2, -0.15) is 5.10 Å². The fraction of sp³-hybridized carbons (Fsp3) is 0.158. The number of rotatable bonds is 6. The molecule has 1 amide bonds. The molecule has 0 saturated heterocycles. The first-order chi connectivity index (χ1) is 13.4. The molecule has 0 fully saturated rings. The van der Waals surface area contributed by atoms with E-state index in [9.17, 15) is 4.79 Å². The maximum absolute atomic E-state index is 12.6. The van der Waals surface area contributed by atoms with E-state index in [4.69, 9.17) is 28.6 Å². The van der Waals surface area contributed by atoms with Crippen molar-refractivity contribution < 1.29 is 4.79 Å². The van der Waals surface area contributed by atoms with Gasteiger partial charge in [-0.05, 0) is 37.3 Å². The summed E-state index contributed by atoms with van der Waals surface area (Å²) >= 11 is 12.3. The molecular weight excluding hydrogens is 399 g/mol. The molecule has 0 aliphatic carbocycles. The number of pyridine rings is 1. The molecule has 0 aliphatic rings. The lowest BCUT2D eigenvalue weighted by Crippen LogP contribution is -2.16. The average Bonchev–Trinajstić information content (AvgIpc) is 3.06. The zero-order valence-electron chi connectivity index (χ0n) is 15.3. The Kier molecular flexibility index (Phi) is 5.96. The first kappa shape index (κ1) is 19.9. The topological polar surface area (TPSA) is 95.7 Å². The lowest BCUT2D eigenvalue weighted by Gasteiger charge is -2.15. The second kappa shape index (κ2) is 8.41. The Balaban J connectivity index is 1.86. The highest BCUT2D eigenvalue weighted by Gasteiger charge is 2.20. The molecule has 0 bridgehead atoms. The number of aryl methyl sites for hydroxylation is 1. The first-order valence-electron chi connectivity index (χ1n) is 8.38. The third-order valence-corrected chi connectivity index (χ3v) is 4.74. The van der Waals surface area contributed by atoms with E-state index in [1.165, 1.54) is 6.20 Å². The summed E-state index contributed by atoms with van der Waals surface area (Å²) in [6.45, 7) is 2.05. The minimum absolute atomic E-state index is 0.168. The minimum Gasteiger partial charge on any atom is -0.364 e. The summed E-state index contributed by atoms with van der Waals surface area (Å²) in [6, 6.07) is 8.60. The maximum Gasteiger partial charge on any atom is 0.258 e. The Labute approximate surface area is 172 Å². The number of carbonyl (C=O) groups is 1. The summed E-state index contributed by atoms with van der Waals surface area (Å²) in [5.41, 5.74) is 2.29. The van der Waals surface area contributed by atoms with Crippen LogP contribution in [0.15, 0.2) is 42.7 Å². The van der Waals surface area contributed by atoms with Crippen molar-refractivity contribution in [2.45, 2.75) is 13.5 Å². The van der Waals surface area contributed by atoms with Crippen LogP contribution in [0, 0.1) is 5.41 Å². The van der Waals surface area contributed by atoms with Gasteiger partial charge in [-0.1, -0.05) is 23.2 Å². The van der Waals surface area contributed by atoms with Crippen molar-refractivity contribution in [3.8, 4) is 0 Å². The van der Waals surface area contributed by atoms with Crippen LogP contribution in [-0.2, 0) is 13.6 Å². The van der Waals surface area contributed by atoms with E-state index in [0.717, 1.165) is 5.69 Å². The van der Waals surface area contributed by atoms with Crippen molar-refractivity contribution in [3.63, 3.8) is 0 Å². The van der Waals surface area contributed by atoms with E-state index in [2.05, 4.69) is 20.7 Å². The van der Waals surface area contributed by atoms with Gasteiger partial charge in [0, 0.05) is 35.9 Å². The normalized spacial score (nSPS) is 10.6. The summed E-state index contributed by atoms with van der Waals surface area (Å²) in [6.07, 6.45) is 3.09. The number of carbonyl (C=O) groups excluding carboxylic acids is 1. The van der Waals surface area contributed by atoms with Crippen LogP contribution < -0.4 is 10.6 Å². The lowest BCUT2D eigenvalue weighted by molar-refractivity contribution is 0.102. The van der Waals surface area contributed by atoms with E-state index in [1.807, 2.05) is 13.1 Å². The largest absolute Gasteiger partial charge is 0.364 e. The van der Waals surface area contributed by atoms with E-state index in [-0.39, 0.29) is 16.3 Å². The summed E-state index contributed by atoms with van der Waals surface area (Å²) in [5.74, 6) is 0.0160. The zero-order valence-corrected chi connectivity index (χ0v) is 16.8. The van der Waals surface area contributed by atoms with Crippen LogP contribution in [0.2, 0.25) is 10.0 Å². The number of benzene rings is 1. The van der Waals surface area contributed by atoms with E-state index in [1.54, 1.807) is 42.1 Å². The van der Waals surface area contributed by atoms with Gasteiger partial charge in [0.2, 0.25) is 0 Å². The van der Waals surface area contributed by atoms with E-state index >= 15 is 0 Å². The zero-order chi connectivity index (χ0) is 20.3. The number of amides is 1. The third-order valence-electron chi connectivity index (χ3n) is 4.10. The Morgan fingerprint density at radius 1 is 1.21 bits per heavy atom. The quantitative estimate of drug-likeness (QED) is 0.519. The Bertz CT molecular complexity index is 1030. The molecule has 9 heteroatoms. The molecule has 144 valence electrons. The molecule has 0 radical (unpaired) electrons. The van der Waals surface area contributed by atoms with Gasteiger partial charge >= 0.3 is 0 Å². The van der Waals surface area contributed by atoms with Crippen LogP contribution in [0.25, 0.3) is 0 Å². The number of hydrogen-bond acceptors (Lipinski definition) is 5. The number of nitrogens with one attached hydrogen (secondary N) is 3. The van der Waals surface area contributed by atoms with Crippen molar-refractivity contribution in [2.75, 3.05) is 10.6 Å². The smallest absolute Gasteiger partial charge is 0.258 e. The maximum atomic E-state index is 12.6. The Morgan fingerprint density at radius 2 is 1.93 bits per heavy atom. The van der Waals surface area contributed by atoms with Crippen molar-refractivity contribution >= 4 is 46.3 Å². The fourth-order valence-electron chi connectivity index (χ4n) is 2.60. The van der Waals surface area contributed by atoms with Crippen LogP contribution in [0.1, 0.15) is 28.5 Å². The van der Waals surface area contributed by atoms with E-state index < -0.39 is 5.91 Å². The molecule has 0 aliphatic heterocycles. The van der Waals surface area contributed by atoms with Gasteiger partial charge < -0.3 is 16.0 Å². The fourth-order valence-corrected chi connectivity index (χ4v) is 3.10. The van der Waals surface area contributed by atoms with Crippen LogP contribution in [0.5, 0.6) is 0 Å². The number of aromatic nitrogens is 3. The number of hydrogen-bond donors (Lipinski definition) is 3. The van der Waals surface area contributed by atoms with Gasteiger partial charge in [-0.25, -0.2) is 4.98 Å². The molecule has 1 aromatic carbocycles. The second-order valence-corrected chi connectivity index (χ2v) is 6.91. The van der Waals surface area contributed by atoms with Crippen LogP contribution in [0.4, 0.5) is 11.5 Å². The SMILES string of the molecule is CC(=N)c1c(NCc2ccnn2C)ncc(C(=O)Nc2ccc(Cl)cc2)c1Cl. The van der Waals surface area contributed by atoms with Crippen molar-refractivity contribution in [1.82, 2.24) is 14.8 Å². The van der Waals surface area contributed by atoms with Crippen LogP contribution in [0.3, 0.4) is 0 Å². The molecule has 3 rings (SSSR count).